The largest absolute Gasteiger partial charge is 0.315 e. The van der Waals surface area contributed by atoms with E-state index < -0.39 is 0 Å². The van der Waals surface area contributed by atoms with Crippen LogP contribution in [0.5, 0.6) is 0 Å². The Labute approximate surface area is 123 Å². The quantitative estimate of drug-likeness (QED) is 0.841. The molecule has 1 aromatic carbocycles. The van der Waals surface area contributed by atoms with Gasteiger partial charge in [-0.2, -0.15) is 0 Å². The van der Waals surface area contributed by atoms with E-state index >= 15 is 0 Å². The zero-order valence-corrected chi connectivity index (χ0v) is 12.4. The number of hydrogen-bond donors (Lipinski definition) is 1. The lowest BCUT2D eigenvalue weighted by atomic mass is 10.00. The third-order valence-electron chi connectivity index (χ3n) is 3.14. The van der Waals surface area contributed by atoms with Crippen LogP contribution >= 0.6 is 39.1 Å². The number of rotatable bonds is 2. The van der Waals surface area contributed by atoms with Crippen LogP contribution in [0.1, 0.15) is 11.6 Å². The molecule has 94 valence electrons. The van der Waals surface area contributed by atoms with Gasteiger partial charge in [-0.25, -0.2) is 4.98 Å². The second-order valence-electron chi connectivity index (χ2n) is 4.24. The van der Waals surface area contributed by atoms with Gasteiger partial charge >= 0.3 is 0 Å². The van der Waals surface area contributed by atoms with E-state index in [1.54, 1.807) is 6.33 Å². The highest BCUT2D eigenvalue weighted by molar-refractivity contribution is 9.10. The molecule has 0 bridgehead atoms. The first-order valence-corrected chi connectivity index (χ1v) is 7.10. The maximum Gasteiger partial charge on any atom is 0.0994 e. The maximum atomic E-state index is 6.30. The Bertz CT molecular complexity index is 593. The predicted molar refractivity (Wildman–Crippen MR) is 76.9 cm³/mol. The minimum Gasteiger partial charge on any atom is -0.315 e. The minimum absolute atomic E-state index is 0.492. The Morgan fingerprint density at radius 2 is 2.06 bits per heavy atom. The lowest BCUT2D eigenvalue weighted by Crippen LogP contribution is -2.40. The monoisotopic (exact) mass is 345 g/mol. The zero-order chi connectivity index (χ0) is 12.7. The van der Waals surface area contributed by atoms with Crippen LogP contribution in [0.4, 0.5) is 0 Å². The number of hydrogen-bond acceptors (Lipinski definition) is 2. The summed E-state index contributed by atoms with van der Waals surface area (Å²) in [6.07, 6.45) is 3.66. The molecule has 6 heteroatoms. The highest BCUT2D eigenvalue weighted by Gasteiger charge is 2.24. The van der Waals surface area contributed by atoms with Gasteiger partial charge in [0, 0.05) is 35.4 Å². The van der Waals surface area contributed by atoms with Gasteiger partial charge in [-0.05, 0) is 28.1 Å². The average Bonchev–Trinajstić information content (AvgIpc) is 2.73. The molecule has 1 saturated heterocycles. The third kappa shape index (κ3) is 1.97. The first-order valence-electron chi connectivity index (χ1n) is 5.55. The van der Waals surface area contributed by atoms with Gasteiger partial charge in [-0.3, -0.25) is 0 Å². The van der Waals surface area contributed by atoms with E-state index in [-0.39, 0.29) is 0 Å². The molecule has 2 aromatic rings. The number of aromatic nitrogens is 2. The molecule has 3 nitrogen and oxygen atoms in total. The fourth-order valence-electron chi connectivity index (χ4n) is 2.01. The molecule has 3 rings (SSSR count). The molecular weight excluding hydrogens is 337 g/mol. The summed E-state index contributed by atoms with van der Waals surface area (Å²) < 4.78 is 2.80. The molecule has 0 spiro atoms. The van der Waals surface area contributed by atoms with Crippen molar-refractivity contribution >= 4 is 39.1 Å². The second kappa shape index (κ2) is 4.85. The van der Waals surface area contributed by atoms with Gasteiger partial charge in [0.15, 0.2) is 0 Å². The number of nitrogens with zero attached hydrogens (tertiary/aromatic N) is 2. The molecule has 0 atom stereocenters. The number of nitrogens with one attached hydrogen (secondary N) is 1. The number of benzene rings is 1. The summed E-state index contributed by atoms with van der Waals surface area (Å²) in [7, 11) is 0. The molecule has 0 aliphatic carbocycles. The molecular formula is C12H10BrCl2N3. The Kier molecular flexibility index (Phi) is 3.36. The first kappa shape index (κ1) is 12.5. The fourth-order valence-corrected chi connectivity index (χ4v) is 2.87. The molecule has 0 unspecified atom stereocenters. The summed E-state index contributed by atoms with van der Waals surface area (Å²) in [5.74, 6) is 0.492. The van der Waals surface area contributed by atoms with Gasteiger partial charge in [-0.1, -0.05) is 23.2 Å². The maximum absolute atomic E-state index is 6.30. The predicted octanol–water partition coefficient (Wildman–Crippen LogP) is 3.63. The van der Waals surface area contributed by atoms with Crippen LogP contribution in [0.25, 0.3) is 5.69 Å². The van der Waals surface area contributed by atoms with Crippen LogP contribution in [0.2, 0.25) is 10.0 Å². The zero-order valence-electron chi connectivity index (χ0n) is 9.33. The van der Waals surface area contributed by atoms with Crippen molar-refractivity contribution in [3.8, 4) is 5.69 Å². The van der Waals surface area contributed by atoms with Crippen molar-refractivity contribution in [1.82, 2.24) is 14.9 Å². The highest BCUT2D eigenvalue weighted by Crippen LogP contribution is 2.36. The van der Waals surface area contributed by atoms with Crippen LogP contribution in [0.15, 0.2) is 29.1 Å². The van der Waals surface area contributed by atoms with Crippen molar-refractivity contribution in [2.24, 2.45) is 0 Å². The SMILES string of the molecule is Clc1c(Br)ccc(-n2cncc2C2CNC2)c1Cl. The van der Waals surface area contributed by atoms with E-state index in [1.165, 1.54) is 0 Å². The summed E-state index contributed by atoms with van der Waals surface area (Å²) in [6.45, 7) is 1.96. The van der Waals surface area contributed by atoms with Crippen molar-refractivity contribution in [3.63, 3.8) is 0 Å². The standard InChI is InChI=1S/C12H10BrCl2N3/c13-8-1-2-9(12(15)11(8)14)18-6-17-5-10(18)7-3-16-4-7/h1-2,5-7,16H,3-4H2. The topological polar surface area (TPSA) is 29.9 Å². The van der Waals surface area contributed by atoms with Crippen molar-refractivity contribution in [3.05, 3.63) is 44.9 Å². The van der Waals surface area contributed by atoms with Crippen LogP contribution in [0.3, 0.4) is 0 Å². The summed E-state index contributed by atoms with van der Waals surface area (Å²) in [5, 5.41) is 4.32. The van der Waals surface area contributed by atoms with Crippen molar-refractivity contribution in [1.29, 1.82) is 0 Å². The van der Waals surface area contributed by atoms with Gasteiger partial charge in [-0.15, -0.1) is 0 Å². The van der Waals surface area contributed by atoms with E-state index in [4.69, 9.17) is 23.2 Å². The first-order chi connectivity index (χ1) is 8.68. The normalized spacial score (nSPS) is 15.7. The number of halogens is 3. The van der Waals surface area contributed by atoms with E-state index in [1.807, 2.05) is 22.9 Å². The van der Waals surface area contributed by atoms with Crippen LogP contribution in [0, 0.1) is 0 Å². The van der Waals surface area contributed by atoms with Crippen molar-refractivity contribution < 1.29 is 0 Å². The molecule has 1 fully saturated rings. The van der Waals surface area contributed by atoms with Gasteiger partial charge in [0.2, 0.25) is 0 Å². The molecule has 1 aliphatic heterocycles. The highest BCUT2D eigenvalue weighted by atomic mass is 79.9. The molecule has 0 saturated carbocycles. The molecule has 0 amide bonds. The molecule has 0 radical (unpaired) electrons. The molecule has 2 heterocycles. The summed E-state index contributed by atoms with van der Waals surface area (Å²) >= 11 is 15.8. The van der Waals surface area contributed by atoms with Crippen molar-refractivity contribution in [2.75, 3.05) is 13.1 Å². The van der Waals surface area contributed by atoms with E-state index in [0.717, 1.165) is 28.9 Å². The summed E-state index contributed by atoms with van der Waals surface area (Å²) in [6, 6.07) is 3.84. The third-order valence-corrected chi connectivity index (χ3v) is 4.90. The fraction of sp³-hybridized carbons (Fsp3) is 0.250. The van der Waals surface area contributed by atoms with Crippen LogP contribution < -0.4 is 5.32 Å². The van der Waals surface area contributed by atoms with Gasteiger partial charge < -0.3 is 9.88 Å². The number of imidazole rings is 1. The Morgan fingerprint density at radius 3 is 2.72 bits per heavy atom. The van der Waals surface area contributed by atoms with Gasteiger partial charge in [0.05, 0.1) is 22.1 Å². The second-order valence-corrected chi connectivity index (χ2v) is 5.85. The molecule has 18 heavy (non-hydrogen) atoms. The molecule has 1 aliphatic rings. The van der Waals surface area contributed by atoms with Crippen LogP contribution in [-0.4, -0.2) is 22.6 Å². The molecule has 1 aromatic heterocycles. The van der Waals surface area contributed by atoms with Gasteiger partial charge in [0.1, 0.15) is 0 Å². The summed E-state index contributed by atoms with van der Waals surface area (Å²) in [5.41, 5.74) is 2.03. The average molecular weight is 347 g/mol. The Balaban J connectivity index is 2.10. The van der Waals surface area contributed by atoms with Crippen molar-refractivity contribution in [2.45, 2.75) is 5.92 Å². The van der Waals surface area contributed by atoms with E-state index in [2.05, 4.69) is 26.2 Å². The lowest BCUT2D eigenvalue weighted by molar-refractivity contribution is 0.435. The smallest absolute Gasteiger partial charge is 0.0994 e. The van der Waals surface area contributed by atoms with Gasteiger partial charge in [0.25, 0.3) is 0 Å². The van der Waals surface area contributed by atoms with E-state index in [9.17, 15) is 0 Å². The lowest BCUT2D eigenvalue weighted by Gasteiger charge is -2.28. The Hall–Kier alpha value is -0.550. The summed E-state index contributed by atoms with van der Waals surface area (Å²) in [4.78, 5) is 4.22. The van der Waals surface area contributed by atoms with Crippen LogP contribution in [-0.2, 0) is 0 Å². The van der Waals surface area contributed by atoms with E-state index in [0.29, 0.717) is 16.0 Å². The Morgan fingerprint density at radius 1 is 1.28 bits per heavy atom. The molecule has 1 N–H and O–H groups in total. The minimum atomic E-state index is 0.492.